The predicted octanol–water partition coefficient (Wildman–Crippen LogP) is 4.53. The van der Waals surface area contributed by atoms with Crippen molar-refractivity contribution in [1.82, 2.24) is 0 Å². The van der Waals surface area contributed by atoms with Crippen LogP contribution in [0.4, 0.5) is 5.69 Å². The summed E-state index contributed by atoms with van der Waals surface area (Å²) in [5, 5.41) is 3.25. The smallest absolute Gasteiger partial charge is 0.255 e. The first-order valence-electron chi connectivity index (χ1n) is 6.84. The summed E-state index contributed by atoms with van der Waals surface area (Å²) in [5.74, 6) is 1.10. The van der Waals surface area contributed by atoms with Gasteiger partial charge in [0.05, 0.1) is 17.7 Å². The largest absolute Gasteiger partial charge is 0.495 e. The number of hydrogen-bond donors (Lipinski definition) is 1. The van der Waals surface area contributed by atoms with Gasteiger partial charge in [0.1, 0.15) is 18.1 Å². The second-order valence-electron chi connectivity index (χ2n) is 4.94. The summed E-state index contributed by atoms with van der Waals surface area (Å²) in [6.07, 6.45) is 1.82. The van der Waals surface area contributed by atoms with Crippen molar-refractivity contribution < 1.29 is 14.3 Å². The fraction of sp³-hybridized carbons (Fsp3) is 0.118. The Kier molecular flexibility index (Phi) is 4.59. The first-order chi connectivity index (χ1) is 11.1. The number of ether oxygens (including phenoxy) is 2. The van der Waals surface area contributed by atoms with Crippen LogP contribution in [0.3, 0.4) is 0 Å². The molecule has 1 amide bonds. The third kappa shape index (κ3) is 3.51. The van der Waals surface area contributed by atoms with Crippen LogP contribution >= 0.6 is 27.5 Å². The van der Waals surface area contributed by atoms with Crippen molar-refractivity contribution in [2.45, 2.75) is 0 Å². The van der Waals surface area contributed by atoms with Gasteiger partial charge in [0.25, 0.3) is 5.91 Å². The van der Waals surface area contributed by atoms with Gasteiger partial charge >= 0.3 is 0 Å². The standard InChI is InChI=1S/C17H13BrClNO3/c1-22-16-5-3-13(8-14(16)19)20-17(21)11-6-10-7-12(18)2-4-15(10)23-9-11/h2-8H,9H2,1H3,(H,20,21). The Labute approximate surface area is 147 Å². The highest BCUT2D eigenvalue weighted by Gasteiger charge is 2.18. The van der Waals surface area contributed by atoms with Crippen LogP contribution in [0.5, 0.6) is 11.5 Å². The highest BCUT2D eigenvalue weighted by Crippen LogP contribution is 2.30. The molecular formula is C17H13BrClNO3. The lowest BCUT2D eigenvalue weighted by Crippen LogP contribution is -2.21. The van der Waals surface area contributed by atoms with Crippen molar-refractivity contribution in [3.63, 3.8) is 0 Å². The number of anilines is 1. The van der Waals surface area contributed by atoms with Crippen LogP contribution in [0.25, 0.3) is 6.08 Å². The van der Waals surface area contributed by atoms with Crippen molar-refractivity contribution in [3.8, 4) is 11.5 Å². The van der Waals surface area contributed by atoms with E-state index in [0.717, 1.165) is 15.8 Å². The van der Waals surface area contributed by atoms with E-state index in [-0.39, 0.29) is 12.5 Å². The van der Waals surface area contributed by atoms with Crippen LogP contribution in [-0.4, -0.2) is 19.6 Å². The topological polar surface area (TPSA) is 47.6 Å². The van der Waals surface area contributed by atoms with Gasteiger partial charge in [0.2, 0.25) is 0 Å². The number of benzene rings is 2. The van der Waals surface area contributed by atoms with E-state index in [1.165, 1.54) is 0 Å². The normalized spacial score (nSPS) is 12.7. The molecule has 23 heavy (non-hydrogen) atoms. The highest BCUT2D eigenvalue weighted by atomic mass is 79.9. The molecule has 0 radical (unpaired) electrons. The molecule has 1 aliphatic heterocycles. The van der Waals surface area contributed by atoms with E-state index < -0.39 is 0 Å². The second kappa shape index (κ2) is 6.64. The molecule has 1 heterocycles. The van der Waals surface area contributed by atoms with E-state index in [1.807, 2.05) is 24.3 Å². The molecule has 4 nitrogen and oxygen atoms in total. The molecule has 0 spiro atoms. The zero-order chi connectivity index (χ0) is 16.4. The summed E-state index contributed by atoms with van der Waals surface area (Å²) in [7, 11) is 1.54. The number of hydrogen-bond acceptors (Lipinski definition) is 3. The molecule has 0 atom stereocenters. The number of nitrogens with one attached hydrogen (secondary N) is 1. The van der Waals surface area contributed by atoms with Crippen LogP contribution < -0.4 is 14.8 Å². The highest BCUT2D eigenvalue weighted by molar-refractivity contribution is 9.10. The number of carbonyl (C=O) groups excluding carboxylic acids is 1. The van der Waals surface area contributed by atoms with Gasteiger partial charge < -0.3 is 14.8 Å². The number of amides is 1. The first-order valence-corrected chi connectivity index (χ1v) is 8.02. The monoisotopic (exact) mass is 393 g/mol. The Morgan fingerprint density at radius 1 is 1.30 bits per heavy atom. The van der Waals surface area contributed by atoms with Gasteiger partial charge in [-0.15, -0.1) is 0 Å². The van der Waals surface area contributed by atoms with E-state index in [4.69, 9.17) is 21.1 Å². The van der Waals surface area contributed by atoms with Gasteiger partial charge in [0.15, 0.2) is 0 Å². The maximum atomic E-state index is 12.4. The van der Waals surface area contributed by atoms with Crippen molar-refractivity contribution >= 4 is 45.2 Å². The van der Waals surface area contributed by atoms with Gasteiger partial charge in [-0.25, -0.2) is 0 Å². The molecule has 1 aliphatic rings. The van der Waals surface area contributed by atoms with E-state index in [1.54, 1.807) is 25.3 Å². The molecule has 2 aromatic carbocycles. The summed E-state index contributed by atoms with van der Waals surface area (Å²) >= 11 is 9.47. The van der Waals surface area contributed by atoms with Crippen molar-refractivity contribution in [2.75, 3.05) is 19.0 Å². The Bertz CT molecular complexity index is 804. The van der Waals surface area contributed by atoms with Crippen LogP contribution in [0.2, 0.25) is 5.02 Å². The van der Waals surface area contributed by atoms with Crippen LogP contribution in [0, 0.1) is 0 Å². The van der Waals surface area contributed by atoms with Crippen molar-refractivity contribution in [1.29, 1.82) is 0 Å². The van der Waals surface area contributed by atoms with Crippen molar-refractivity contribution in [2.24, 2.45) is 0 Å². The number of rotatable bonds is 3. The lowest BCUT2D eigenvalue weighted by atomic mass is 10.1. The van der Waals surface area contributed by atoms with Gasteiger partial charge in [-0.05, 0) is 42.5 Å². The summed E-state index contributed by atoms with van der Waals surface area (Å²) < 4.78 is 11.6. The quantitative estimate of drug-likeness (QED) is 0.832. The molecule has 1 N–H and O–H groups in total. The summed E-state index contributed by atoms with van der Waals surface area (Å²) in [5.41, 5.74) is 2.01. The van der Waals surface area contributed by atoms with Crippen molar-refractivity contribution in [3.05, 3.63) is 57.0 Å². The molecule has 0 saturated carbocycles. The zero-order valence-corrected chi connectivity index (χ0v) is 14.6. The minimum atomic E-state index is -0.225. The van der Waals surface area contributed by atoms with Crippen LogP contribution in [0.15, 0.2) is 46.4 Å². The third-order valence-electron chi connectivity index (χ3n) is 3.39. The number of methoxy groups -OCH3 is 1. The maximum absolute atomic E-state index is 12.4. The number of fused-ring (bicyclic) bond motifs is 1. The first kappa shape index (κ1) is 15.9. The van der Waals surface area contributed by atoms with Gasteiger partial charge in [0, 0.05) is 15.7 Å². The van der Waals surface area contributed by atoms with Crippen LogP contribution in [0.1, 0.15) is 5.56 Å². The van der Waals surface area contributed by atoms with E-state index in [0.29, 0.717) is 22.0 Å². The average molecular weight is 395 g/mol. The Morgan fingerprint density at radius 3 is 2.87 bits per heavy atom. The van der Waals surface area contributed by atoms with E-state index >= 15 is 0 Å². The predicted molar refractivity (Wildman–Crippen MR) is 94.2 cm³/mol. The Morgan fingerprint density at radius 2 is 2.13 bits per heavy atom. The summed E-state index contributed by atoms with van der Waals surface area (Å²) in [6, 6.07) is 10.8. The fourth-order valence-electron chi connectivity index (χ4n) is 2.24. The average Bonchev–Trinajstić information content (AvgIpc) is 2.54. The number of carbonyl (C=O) groups is 1. The molecule has 0 aromatic heterocycles. The molecule has 118 valence electrons. The molecule has 0 fully saturated rings. The maximum Gasteiger partial charge on any atom is 0.255 e. The fourth-order valence-corrected chi connectivity index (χ4v) is 2.87. The second-order valence-corrected chi connectivity index (χ2v) is 6.27. The summed E-state index contributed by atoms with van der Waals surface area (Å²) in [6.45, 7) is 0.227. The Hall–Kier alpha value is -1.98. The van der Waals surface area contributed by atoms with Gasteiger partial charge in [-0.3, -0.25) is 4.79 Å². The molecule has 0 aliphatic carbocycles. The SMILES string of the molecule is COc1ccc(NC(=O)C2=Cc3cc(Br)ccc3OC2)cc1Cl. The molecule has 3 rings (SSSR count). The van der Waals surface area contributed by atoms with Crippen LogP contribution in [-0.2, 0) is 4.79 Å². The third-order valence-corrected chi connectivity index (χ3v) is 4.17. The lowest BCUT2D eigenvalue weighted by molar-refractivity contribution is -0.113. The summed E-state index contributed by atoms with van der Waals surface area (Å²) in [4.78, 5) is 12.4. The minimum absolute atomic E-state index is 0.225. The van der Waals surface area contributed by atoms with Gasteiger partial charge in [-0.2, -0.15) is 0 Å². The van der Waals surface area contributed by atoms with E-state index in [9.17, 15) is 4.79 Å². The van der Waals surface area contributed by atoms with E-state index in [2.05, 4.69) is 21.2 Å². The lowest BCUT2D eigenvalue weighted by Gasteiger charge is -2.18. The molecular weight excluding hydrogens is 382 g/mol. The number of halogens is 2. The zero-order valence-electron chi connectivity index (χ0n) is 12.2. The molecule has 0 bridgehead atoms. The molecule has 6 heteroatoms. The minimum Gasteiger partial charge on any atom is -0.495 e. The molecule has 0 unspecified atom stereocenters. The molecule has 0 saturated heterocycles. The molecule has 2 aromatic rings. The van der Waals surface area contributed by atoms with Gasteiger partial charge in [-0.1, -0.05) is 27.5 Å². The Balaban J connectivity index is 1.80.